The number of hydrogen-bond donors (Lipinski definition) is 3. The fraction of sp³-hybridized carbons (Fsp3) is 0.333. The lowest BCUT2D eigenvalue weighted by Crippen LogP contribution is -2.35. The summed E-state index contributed by atoms with van der Waals surface area (Å²) in [5.41, 5.74) is 0.475. The molecule has 104 valence electrons. The largest absolute Gasteiger partial charge is 0.481 e. The van der Waals surface area contributed by atoms with Gasteiger partial charge >= 0.3 is 12.0 Å². The van der Waals surface area contributed by atoms with Crippen LogP contribution in [0.4, 0.5) is 14.9 Å². The van der Waals surface area contributed by atoms with E-state index in [9.17, 15) is 14.0 Å². The van der Waals surface area contributed by atoms with Gasteiger partial charge in [-0.3, -0.25) is 4.79 Å². The second-order valence-electron chi connectivity index (χ2n) is 3.90. The summed E-state index contributed by atoms with van der Waals surface area (Å²) in [5, 5.41) is 13.9. The van der Waals surface area contributed by atoms with Crippen LogP contribution in [0.5, 0.6) is 0 Å². The van der Waals surface area contributed by atoms with Crippen molar-refractivity contribution < 1.29 is 19.1 Å². The third-order valence-electron chi connectivity index (χ3n) is 2.53. The van der Waals surface area contributed by atoms with Crippen molar-refractivity contribution in [2.45, 2.75) is 13.3 Å². The molecule has 7 heteroatoms. The van der Waals surface area contributed by atoms with Crippen molar-refractivity contribution in [1.82, 2.24) is 5.32 Å². The van der Waals surface area contributed by atoms with Crippen LogP contribution in [0.25, 0.3) is 0 Å². The van der Waals surface area contributed by atoms with Crippen LogP contribution >= 0.6 is 22.6 Å². The van der Waals surface area contributed by atoms with Crippen LogP contribution in [0.2, 0.25) is 0 Å². The number of aliphatic carboxylic acids is 1. The van der Waals surface area contributed by atoms with E-state index in [1.165, 1.54) is 18.2 Å². The van der Waals surface area contributed by atoms with Crippen LogP contribution < -0.4 is 10.6 Å². The number of carboxylic acids is 1. The summed E-state index contributed by atoms with van der Waals surface area (Å²) in [6, 6.07) is 3.47. The fourth-order valence-electron chi connectivity index (χ4n) is 1.38. The van der Waals surface area contributed by atoms with Crippen LogP contribution in [-0.2, 0) is 4.79 Å². The average Bonchev–Trinajstić information content (AvgIpc) is 2.33. The van der Waals surface area contributed by atoms with Gasteiger partial charge < -0.3 is 15.7 Å². The van der Waals surface area contributed by atoms with E-state index in [0.29, 0.717) is 15.7 Å². The molecule has 3 N–H and O–H groups in total. The predicted octanol–water partition coefficient (Wildman–Crippen LogP) is 2.66. The Morgan fingerprint density at radius 2 is 2.16 bits per heavy atom. The van der Waals surface area contributed by atoms with E-state index in [2.05, 4.69) is 10.6 Å². The molecular weight excluding hydrogens is 366 g/mol. The van der Waals surface area contributed by atoms with Gasteiger partial charge in [0, 0.05) is 10.1 Å². The van der Waals surface area contributed by atoms with Crippen LogP contribution in [0, 0.1) is 15.3 Å². The maximum absolute atomic E-state index is 12.9. The number of carboxylic acid groups (broad SMARTS) is 1. The molecule has 0 aliphatic rings. The highest BCUT2D eigenvalue weighted by atomic mass is 127. The molecule has 0 aliphatic carbocycles. The minimum atomic E-state index is -0.945. The Labute approximate surface area is 123 Å². The number of urea groups is 1. The van der Waals surface area contributed by atoms with E-state index < -0.39 is 17.9 Å². The maximum Gasteiger partial charge on any atom is 0.319 e. The number of carbonyl (C=O) groups excluding carboxylic acids is 1. The quantitative estimate of drug-likeness (QED) is 0.688. The van der Waals surface area contributed by atoms with Crippen molar-refractivity contribution >= 4 is 40.3 Å². The van der Waals surface area contributed by atoms with Crippen molar-refractivity contribution in [3.63, 3.8) is 0 Å². The standard InChI is InChI=1S/C12H14FIN2O3/c1-2-7(11(17)18)6-15-12(19)16-10-4-3-8(13)5-9(10)14/h3-5,7H,2,6H2,1H3,(H,17,18)(H2,15,16,19). The first-order valence-corrected chi connectivity index (χ1v) is 6.74. The van der Waals surface area contributed by atoms with Crippen molar-refractivity contribution in [3.8, 4) is 0 Å². The Bertz CT molecular complexity index is 482. The van der Waals surface area contributed by atoms with Gasteiger partial charge in [0.05, 0.1) is 11.6 Å². The lowest BCUT2D eigenvalue weighted by Gasteiger charge is -2.12. The zero-order valence-electron chi connectivity index (χ0n) is 10.2. The van der Waals surface area contributed by atoms with Gasteiger partial charge in [0.2, 0.25) is 0 Å². The lowest BCUT2D eigenvalue weighted by molar-refractivity contribution is -0.141. The van der Waals surface area contributed by atoms with E-state index >= 15 is 0 Å². The summed E-state index contributed by atoms with van der Waals surface area (Å²) in [7, 11) is 0. The number of carbonyl (C=O) groups is 2. The van der Waals surface area contributed by atoms with Gasteiger partial charge in [0.15, 0.2) is 0 Å². The first kappa shape index (κ1) is 15.7. The highest BCUT2D eigenvalue weighted by Crippen LogP contribution is 2.18. The van der Waals surface area contributed by atoms with E-state index in [1.807, 2.05) is 22.6 Å². The van der Waals surface area contributed by atoms with Crippen molar-refractivity contribution in [3.05, 3.63) is 27.6 Å². The molecule has 0 aromatic heterocycles. The normalized spacial score (nSPS) is 11.7. The number of benzene rings is 1. The van der Waals surface area contributed by atoms with Gasteiger partial charge in [-0.25, -0.2) is 9.18 Å². The zero-order chi connectivity index (χ0) is 14.4. The molecule has 0 heterocycles. The summed E-state index contributed by atoms with van der Waals surface area (Å²) in [4.78, 5) is 22.4. The maximum atomic E-state index is 12.9. The van der Waals surface area contributed by atoms with Gasteiger partial charge in [-0.15, -0.1) is 0 Å². The van der Waals surface area contributed by atoms with Crippen LogP contribution in [0.1, 0.15) is 13.3 Å². The van der Waals surface area contributed by atoms with E-state index in [-0.39, 0.29) is 12.4 Å². The number of amides is 2. The van der Waals surface area contributed by atoms with Crippen molar-refractivity contribution in [2.24, 2.45) is 5.92 Å². The first-order chi connectivity index (χ1) is 8.93. The molecule has 0 bridgehead atoms. The topological polar surface area (TPSA) is 78.4 Å². The summed E-state index contributed by atoms with van der Waals surface area (Å²) in [6.07, 6.45) is 0.434. The fourth-order valence-corrected chi connectivity index (χ4v) is 1.99. The molecular formula is C12H14FIN2O3. The van der Waals surface area contributed by atoms with Gasteiger partial charge in [-0.2, -0.15) is 0 Å². The molecule has 0 saturated heterocycles. The van der Waals surface area contributed by atoms with Gasteiger partial charge in [0.25, 0.3) is 0 Å². The second-order valence-corrected chi connectivity index (χ2v) is 5.06. The van der Waals surface area contributed by atoms with Crippen LogP contribution in [-0.4, -0.2) is 23.7 Å². The Balaban J connectivity index is 2.53. The smallest absolute Gasteiger partial charge is 0.319 e. The third-order valence-corrected chi connectivity index (χ3v) is 3.42. The first-order valence-electron chi connectivity index (χ1n) is 5.66. The lowest BCUT2D eigenvalue weighted by atomic mass is 10.1. The Morgan fingerprint density at radius 3 is 2.68 bits per heavy atom. The summed E-state index contributed by atoms with van der Waals surface area (Å²) in [5.74, 6) is -1.94. The summed E-state index contributed by atoms with van der Waals surface area (Å²) in [6.45, 7) is 1.79. The molecule has 1 atom stereocenters. The van der Waals surface area contributed by atoms with E-state index in [0.717, 1.165) is 0 Å². The van der Waals surface area contributed by atoms with Gasteiger partial charge in [-0.1, -0.05) is 6.92 Å². The minimum Gasteiger partial charge on any atom is -0.481 e. The number of hydrogen-bond acceptors (Lipinski definition) is 2. The Hall–Kier alpha value is -1.38. The van der Waals surface area contributed by atoms with Crippen molar-refractivity contribution in [1.29, 1.82) is 0 Å². The molecule has 0 aliphatic heterocycles. The second kappa shape index (κ2) is 7.27. The van der Waals surface area contributed by atoms with E-state index in [1.54, 1.807) is 6.92 Å². The highest BCUT2D eigenvalue weighted by Gasteiger charge is 2.16. The molecule has 2 amide bonds. The third kappa shape index (κ3) is 5.01. The Kier molecular flexibility index (Phi) is 6.00. The van der Waals surface area contributed by atoms with Crippen LogP contribution in [0.3, 0.4) is 0 Å². The highest BCUT2D eigenvalue weighted by molar-refractivity contribution is 14.1. The molecule has 0 radical (unpaired) electrons. The van der Waals surface area contributed by atoms with Gasteiger partial charge in [0.1, 0.15) is 5.82 Å². The monoisotopic (exact) mass is 380 g/mol. The van der Waals surface area contributed by atoms with E-state index in [4.69, 9.17) is 5.11 Å². The molecule has 0 fully saturated rings. The van der Waals surface area contributed by atoms with Gasteiger partial charge in [-0.05, 0) is 47.2 Å². The molecule has 1 unspecified atom stereocenters. The molecule has 5 nitrogen and oxygen atoms in total. The SMILES string of the molecule is CCC(CNC(=O)Nc1ccc(F)cc1I)C(=O)O. The Morgan fingerprint density at radius 1 is 1.47 bits per heavy atom. The molecule has 0 spiro atoms. The number of nitrogens with one attached hydrogen (secondary N) is 2. The number of anilines is 1. The van der Waals surface area contributed by atoms with Crippen LogP contribution in [0.15, 0.2) is 18.2 Å². The molecule has 19 heavy (non-hydrogen) atoms. The minimum absolute atomic E-state index is 0.0510. The molecule has 1 aromatic carbocycles. The zero-order valence-corrected chi connectivity index (χ0v) is 12.4. The molecule has 0 saturated carbocycles. The summed E-state index contributed by atoms with van der Waals surface area (Å²) < 4.78 is 13.4. The molecule has 1 aromatic rings. The number of halogens is 2. The molecule has 1 rings (SSSR count). The summed E-state index contributed by atoms with van der Waals surface area (Å²) >= 11 is 1.90. The number of rotatable bonds is 5. The average molecular weight is 380 g/mol. The van der Waals surface area contributed by atoms with Crippen molar-refractivity contribution in [2.75, 3.05) is 11.9 Å². The predicted molar refractivity (Wildman–Crippen MR) is 77.6 cm³/mol.